The van der Waals surface area contributed by atoms with Crippen LogP contribution in [0.4, 0.5) is 5.13 Å². The molecule has 0 radical (unpaired) electrons. The number of nitrogens with zero attached hydrogens (tertiary/aromatic N) is 1. The molecule has 0 saturated heterocycles. The van der Waals surface area contributed by atoms with Crippen LogP contribution in [0.25, 0.3) is 10.6 Å². The Morgan fingerprint density at radius 2 is 1.81 bits per heavy atom. The molecule has 0 fully saturated rings. The number of benzene rings is 1. The van der Waals surface area contributed by atoms with E-state index in [1.165, 1.54) is 11.3 Å². The zero-order valence-corrected chi connectivity index (χ0v) is 17.0. The number of carbonyl (C=O) groups excluding carboxylic acids is 2. The lowest BCUT2D eigenvalue weighted by atomic mass is 10.0. The van der Waals surface area contributed by atoms with Crippen LogP contribution >= 0.6 is 22.7 Å². The van der Waals surface area contributed by atoms with Crippen LogP contribution in [0.1, 0.15) is 29.8 Å². The average Bonchev–Trinajstić information content (AvgIpc) is 3.31. The molecule has 0 aliphatic heterocycles. The van der Waals surface area contributed by atoms with Crippen LogP contribution in [0.2, 0.25) is 0 Å². The van der Waals surface area contributed by atoms with Crippen LogP contribution in [0.3, 0.4) is 0 Å². The lowest BCUT2D eigenvalue weighted by Crippen LogP contribution is -2.47. The predicted molar refractivity (Wildman–Crippen MR) is 111 cm³/mol. The Bertz CT molecular complexity index is 915. The quantitative estimate of drug-likeness (QED) is 0.638. The van der Waals surface area contributed by atoms with Crippen molar-refractivity contribution in [3.63, 3.8) is 0 Å². The fourth-order valence-corrected chi connectivity index (χ4v) is 3.99. The van der Waals surface area contributed by atoms with Gasteiger partial charge in [0.05, 0.1) is 10.6 Å². The molecule has 0 aliphatic carbocycles. The van der Waals surface area contributed by atoms with Gasteiger partial charge in [-0.1, -0.05) is 37.6 Å². The number of aromatic nitrogens is 1. The van der Waals surface area contributed by atoms with Crippen LogP contribution in [0, 0.1) is 12.8 Å². The summed E-state index contributed by atoms with van der Waals surface area (Å²) in [7, 11) is 0. The minimum atomic E-state index is -0.645. The van der Waals surface area contributed by atoms with Crippen molar-refractivity contribution in [2.24, 2.45) is 5.92 Å². The Hall–Kier alpha value is -2.51. The van der Waals surface area contributed by atoms with E-state index >= 15 is 0 Å². The number of thiophene rings is 1. The summed E-state index contributed by atoms with van der Waals surface area (Å²) in [5.74, 6) is -0.587. The van der Waals surface area contributed by atoms with Gasteiger partial charge in [-0.25, -0.2) is 4.98 Å². The van der Waals surface area contributed by atoms with E-state index in [1.54, 1.807) is 23.5 Å². The summed E-state index contributed by atoms with van der Waals surface area (Å²) < 4.78 is 0. The highest BCUT2D eigenvalue weighted by molar-refractivity contribution is 7.16. The molecular weight excluding hydrogens is 378 g/mol. The van der Waals surface area contributed by atoms with E-state index in [2.05, 4.69) is 15.6 Å². The number of carbonyl (C=O) groups is 2. The van der Waals surface area contributed by atoms with Crippen LogP contribution < -0.4 is 10.6 Å². The Kier molecular flexibility index (Phi) is 6.03. The van der Waals surface area contributed by atoms with Crippen molar-refractivity contribution < 1.29 is 9.59 Å². The number of rotatable bonds is 6. The largest absolute Gasteiger partial charge is 0.340 e. The summed E-state index contributed by atoms with van der Waals surface area (Å²) in [6, 6.07) is 10.6. The molecule has 0 bridgehead atoms. The minimum Gasteiger partial charge on any atom is -0.340 e. The number of anilines is 1. The second-order valence-electron chi connectivity index (χ2n) is 6.57. The maximum absolute atomic E-state index is 12.7. The first-order valence-corrected chi connectivity index (χ1v) is 10.4. The first-order chi connectivity index (χ1) is 12.9. The Morgan fingerprint density at radius 1 is 1.07 bits per heavy atom. The highest BCUT2D eigenvalue weighted by Crippen LogP contribution is 2.28. The van der Waals surface area contributed by atoms with Gasteiger partial charge in [0, 0.05) is 10.9 Å². The zero-order valence-electron chi connectivity index (χ0n) is 15.4. The van der Waals surface area contributed by atoms with E-state index in [9.17, 15) is 9.59 Å². The second kappa shape index (κ2) is 8.45. The Balaban J connectivity index is 1.68. The van der Waals surface area contributed by atoms with Crippen molar-refractivity contribution in [2.45, 2.75) is 26.8 Å². The summed E-state index contributed by atoms with van der Waals surface area (Å²) in [5.41, 5.74) is 2.46. The molecule has 7 heteroatoms. The SMILES string of the molecule is Cc1ccc(C(=O)NC(C(=O)Nc2nc(-c3cccs3)cs2)C(C)C)cc1. The van der Waals surface area contributed by atoms with Gasteiger partial charge in [0.25, 0.3) is 5.91 Å². The van der Waals surface area contributed by atoms with E-state index in [1.807, 2.05) is 55.8 Å². The average molecular weight is 400 g/mol. The summed E-state index contributed by atoms with van der Waals surface area (Å²) in [6.07, 6.45) is 0. The topological polar surface area (TPSA) is 71.1 Å². The lowest BCUT2D eigenvalue weighted by molar-refractivity contribution is -0.118. The Morgan fingerprint density at radius 3 is 2.44 bits per heavy atom. The first kappa shape index (κ1) is 19.3. The van der Waals surface area contributed by atoms with Gasteiger partial charge in [0.15, 0.2) is 5.13 Å². The molecule has 0 spiro atoms. The number of nitrogens with one attached hydrogen (secondary N) is 2. The minimum absolute atomic E-state index is 0.0591. The van der Waals surface area contributed by atoms with Gasteiger partial charge >= 0.3 is 0 Å². The normalized spacial score (nSPS) is 12.0. The molecular formula is C20H21N3O2S2. The monoisotopic (exact) mass is 399 g/mol. The van der Waals surface area contributed by atoms with Crippen molar-refractivity contribution in [3.05, 3.63) is 58.3 Å². The van der Waals surface area contributed by atoms with E-state index in [0.29, 0.717) is 10.7 Å². The molecule has 27 heavy (non-hydrogen) atoms. The summed E-state index contributed by atoms with van der Waals surface area (Å²) in [6.45, 7) is 5.77. The highest BCUT2D eigenvalue weighted by atomic mass is 32.1. The molecule has 5 nitrogen and oxygen atoms in total. The van der Waals surface area contributed by atoms with Gasteiger partial charge in [0.2, 0.25) is 5.91 Å². The smallest absolute Gasteiger partial charge is 0.251 e. The fraction of sp³-hybridized carbons (Fsp3) is 0.250. The first-order valence-electron chi connectivity index (χ1n) is 8.62. The molecule has 2 N–H and O–H groups in total. The van der Waals surface area contributed by atoms with Gasteiger partial charge in [-0.05, 0) is 36.4 Å². The van der Waals surface area contributed by atoms with Crippen molar-refractivity contribution >= 4 is 39.6 Å². The van der Waals surface area contributed by atoms with Gasteiger partial charge in [0.1, 0.15) is 6.04 Å². The maximum atomic E-state index is 12.7. The van der Waals surface area contributed by atoms with Crippen LogP contribution in [0.5, 0.6) is 0 Å². The predicted octanol–water partition coefficient (Wildman–Crippen LogP) is 4.57. The third-order valence-electron chi connectivity index (χ3n) is 4.06. The van der Waals surface area contributed by atoms with Crippen LogP contribution in [-0.2, 0) is 4.79 Å². The maximum Gasteiger partial charge on any atom is 0.251 e. The van der Waals surface area contributed by atoms with Crippen molar-refractivity contribution in [2.75, 3.05) is 5.32 Å². The van der Waals surface area contributed by atoms with E-state index in [0.717, 1.165) is 16.1 Å². The van der Waals surface area contributed by atoms with E-state index in [4.69, 9.17) is 0 Å². The molecule has 2 aromatic heterocycles. The molecule has 140 valence electrons. The molecule has 1 atom stereocenters. The molecule has 2 amide bonds. The van der Waals surface area contributed by atoms with Crippen molar-refractivity contribution in [1.82, 2.24) is 10.3 Å². The third kappa shape index (κ3) is 4.81. The molecule has 0 aliphatic rings. The molecule has 1 aromatic carbocycles. The fourth-order valence-electron chi connectivity index (χ4n) is 2.52. The molecule has 2 heterocycles. The van der Waals surface area contributed by atoms with Crippen molar-refractivity contribution in [3.8, 4) is 10.6 Å². The van der Waals surface area contributed by atoms with E-state index in [-0.39, 0.29) is 17.7 Å². The van der Waals surface area contributed by atoms with E-state index < -0.39 is 6.04 Å². The van der Waals surface area contributed by atoms with Gasteiger partial charge in [-0.3, -0.25) is 9.59 Å². The van der Waals surface area contributed by atoms with Crippen molar-refractivity contribution in [1.29, 1.82) is 0 Å². The summed E-state index contributed by atoms with van der Waals surface area (Å²) in [4.78, 5) is 30.7. The van der Waals surface area contributed by atoms with Crippen LogP contribution in [-0.4, -0.2) is 22.8 Å². The molecule has 0 saturated carbocycles. The number of aryl methyl sites for hydroxylation is 1. The van der Waals surface area contributed by atoms with Gasteiger partial charge in [-0.2, -0.15) is 0 Å². The van der Waals surface area contributed by atoms with Gasteiger partial charge in [-0.15, -0.1) is 22.7 Å². The third-order valence-corrected chi connectivity index (χ3v) is 5.71. The van der Waals surface area contributed by atoms with Crippen LogP contribution in [0.15, 0.2) is 47.2 Å². The lowest BCUT2D eigenvalue weighted by Gasteiger charge is -2.21. The standard InChI is InChI=1S/C20H21N3O2S2/c1-12(2)17(22-18(24)14-8-6-13(3)7-9-14)19(25)23-20-21-15(11-27-20)16-5-4-10-26-16/h4-12,17H,1-3H3,(H,22,24)(H,21,23,25). The number of amides is 2. The van der Waals surface area contributed by atoms with Gasteiger partial charge < -0.3 is 10.6 Å². The summed E-state index contributed by atoms with van der Waals surface area (Å²) in [5, 5.41) is 10.1. The highest BCUT2D eigenvalue weighted by Gasteiger charge is 2.25. The number of hydrogen-bond donors (Lipinski definition) is 2. The summed E-state index contributed by atoms with van der Waals surface area (Å²) >= 11 is 2.97. The molecule has 1 unspecified atom stereocenters. The number of thiazole rings is 1. The number of hydrogen-bond acceptors (Lipinski definition) is 5. The molecule has 3 rings (SSSR count). The Labute approximate surface area is 166 Å². The second-order valence-corrected chi connectivity index (χ2v) is 8.37. The molecule has 3 aromatic rings. The zero-order chi connectivity index (χ0) is 19.4.